The highest BCUT2D eigenvalue weighted by atomic mass is 79.9. The van der Waals surface area contributed by atoms with E-state index >= 15 is 0 Å². The minimum atomic E-state index is -2.77. The summed E-state index contributed by atoms with van der Waals surface area (Å²) in [4.78, 5) is 47.8. The topological polar surface area (TPSA) is 184 Å². The molecule has 3 aromatic heterocycles. The molecule has 2 aliphatic rings. The highest BCUT2D eigenvalue weighted by Gasteiger charge is 2.27. The predicted octanol–water partition coefficient (Wildman–Crippen LogP) is 4.79. The van der Waals surface area contributed by atoms with Crippen molar-refractivity contribution in [1.82, 2.24) is 40.3 Å². The van der Waals surface area contributed by atoms with Crippen LogP contribution in [0.5, 0.6) is 5.75 Å². The largest absolute Gasteiger partial charge is 0.494 e. The van der Waals surface area contributed by atoms with Gasteiger partial charge >= 0.3 is 6.03 Å². The average Bonchev–Trinajstić information content (AvgIpc) is 3.13. The number of halogens is 1. The second kappa shape index (κ2) is 15.0. The van der Waals surface area contributed by atoms with Crippen LogP contribution in [0.15, 0.2) is 59.5 Å². The van der Waals surface area contributed by atoms with E-state index in [0.717, 1.165) is 43.1 Å². The molecule has 2 saturated heterocycles. The molecule has 2 aromatic carbocycles. The molecule has 0 spiro atoms. The van der Waals surface area contributed by atoms with E-state index in [-0.39, 0.29) is 18.9 Å². The van der Waals surface area contributed by atoms with Crippen molar-refractivity contribution in [3.63, 3.8) is 0 Å². The molecule has 7 rings (SSSR count). The van der Waals surface area contributed by atoms with Crippen LogP contribution in [0.1, 0.15) is 17.7 Å². The normalized spacial score (nSPS) is 15.4. The smallest absolute Gasteiger partial charge is 0.329 e. The van der Waals surface area contributed by atoms with Gasteiger partial charge in [-0.05, 0) is 72.1 Å². The molecule has 2 aliphatic heterocycles. The number of nitrogens with zero attached hydrogens (tertiary/aromatic N) is 9. The lowest BCUT2D eigenvalue weighted by Gasteiger charge is -2.37. The van der Waals surface area contributed by atoms with Crippen LogP contribution in [0.2, 0.25) is 0 Å². The molecule has 3 N–H and O–H groups in total. The molecule has 16 nitrogen and oxygen atoms in total. The zero-order valence-corrected chi connectivity index (χ0v) is 32.1. The van der Waals surface area contributed by atoms with E-state index in [1.165, 1.54) is 4.90 Å². The lowest BCUT2D eigenvalue weighted by Crippen LogP contribution is -2.50. The van der Waals surface area contributed by atoms with Gasteiger partial charge in [0, 0.05) is 76.0 Å². The number of benzene rings is 2. The molecular weight excluding hydrogens is 763 g/mol. The van der Waals surface area contributed by atoms with E-state index in [9.17, 15) is 14.2 Å². The van der Waals surface area contributed by atoms with Crippen molar-refractivity contribution in [1.29, 1.82) is 0 Å². The molecule has 3 amide bonds. The standard InChI is InChI=1S/C35H38BrN12O4P/c1-21-17-26(41-34-39-19-23(36)33(43-34)40-25-7-6-24-31(38-11-10-37-24)32(25)53(3,4)51)28(52-2)18-27(21)47-15-13-46(14-16-47)20-22-5-8-29(45-44-22)48-12-9-30(49)42-35(48)50/h5-8,10-11,17-19H,9,12-16,20H2,1-4H3,(H,42,49,50)(H2,39,40,41,43). The number of hydrogen-bond acceptors (Lipinski definition) is 14. The summed E-state index contributed by atoms with van der Waals surface area (Å²) in [5, 5.41) is 18.2. The number of carbonyl (C=O) groups excluding carboxylic acids is 2. The first-order chi connectivity index (χ1) is 25.5. The van der Waals surface area contributed by atoms with Gasteiger partial charge in [-0.15, -0.1) is 5.10 Å². The third kappa shape index (κ3) is 7.92. The first kappa shape index (κ1) is 36.1. The van der Waals surface area contributed by atoms with Crippen LogP contribution in [0.3, 0.4) is 0 Å². The maximum absolute atomic E-state index is 13.4. The Morgan fingerprint density at radius 1 is 0.943 bits per heavy atom. The summed E-state index contributed by atoms with van der Waals surface area (Å²) in [5.41, 5.74) is 5.53. The Labute approximate surface area is 314 Å². The molecule has 0 unspecified atom stereocenters. The van der Waals surface area contributed by atoms with Crippen LogP contribution in [-0.2, 0) is 15.9 Å². The fraction of sp³-hybridized carbons (Fsp3) is 0.314. The first-order valence-electron chi connectivity index (χ1n) is 16.9. The van der Waals surface area contributed by atoms with E-state index in [4.69, 9.17) is 9.72 Å². The molecule has 53 heavy (non-hydrogen) atoms. The molecule has 2 fully saturated rings. The molecule has 5 aromatic rings. The Kier molecular flexibility index (Phi) is 10.2. The third-order valence-corrected chi connectivity index (χ3v) is 11.2. The number of nitrogens with one attached hydrogen (secondary N) is 3. The average molecular weight is 802 g/mol. The summed E-state index contributed by atoms with van der Waals surface area (Å²) in [6, 6.07) is 10.9. The quantitative estimate of drug-likeness (QED) is 0.164. The number of aromatic nitrogens is 6. The number of hydrogen-bond donors (Lipinski definition) is 3. The van der Waals surface area contributed by atoms with Crippen LogP contribution in [0.4, 0.5) is 39.4 Å². The lowest BCUT2D eigenvalue weighted by molar-refractivity contribution is -0.120. The molecule has 18 heteroatoms. The van der Waals surface area contributed by atoms with E-state index in [1.54, 1.807) is 45.1 Å². The van der Waals surface area contributed by atoms with Crippen LogP contribution in [-0.4, -0.2) is 100 Å². The number of methoxy groups -OCH3 is 1. The summed E-state index contributed by atoms with van der Waals surface area (Å²) in [5.74, 6) is 1.61. The van der Waals surface area contributed by atoms with E-state index < -0.39 is 13.2 Å². The number of amides is 3. The summed E-state index contributed by atoms with van der Waals surface area (Å²) >= 11 is 3.56. The Bertz CT molecular complexity index is 2250. The minimum absolute atomic E-state index is 0.234. The number of fused-ring (bicyclic) bond motifs is 1. The van der Waals surface area contributed by atoms with Crippen molar-refractivity contribution < 1.29 is 18.9 Å². The zero-order valence-electron chi connectivity index (χ0n) is 29.6. The molecular formula is C35H38BrN12O4P. The Balaban J connectivity index is 1.02. The summed E-state index contributed by atoms with van der Waals surface area (Å²) in [6.07, 6.45) is 5.10. The maximum Gasteiger partial charge on any atom is 0.329 e. The van der Waals surface area contributed by atoms with Gasteiger partial charge in [-0.2, -0.15) is 10.1 Å². The number of carbonyl (C=O) groups is 2. The highest BCUT2D eigenvalue weighted by Crippen LogP contribution is 2.41. The summed E-state index contributed by atoms with van der Waals surface area (Å²) < 4.78 is 19.9. The van der Waals surface area contributed by atoms with Gasteiger partial charge in [0.1, 0.15) is 24.2 Å². The molecule has 0 bridgehead atoms. The van der Waals surface area contributed by atoms with Crippen LogP contribution >= 0.6 is 23.1 Å². The monoisotopic (exact) mass is 800 g/mol. The van der Waals surface area contributed by atoms with Crippen molar-refractivity contribution in [2.24, 2.45) is 0 Å². The van der Waals surface area contributed by atoms with Crippen molar-refractivity contribution in [3.05, 3.63) is 70.7 Å². The highest BCUT2D eigenvalue weighted by molar-refractivity contribution is 9.10. The fourth-order valence-electron chi connectivity index (χ4n) is 6.46. The number of urea groups is 1. The van der Waals surface area contributed by atoms with E-state index in [2.05, 4.69) is 73.8 Å². The van der Waals surface area contributed by atoms with Gasteiger partial charge in [0.25, 0.3) is 0 Å². The number of aryl methyl sites for hydroxylation is 1. The molecule has 0 radical (unpaired) electrons. The SMILES string of the molecule is COc1cc(N2CCN(Cc3ccc(N4CCC(=O)NC4=O)nn3)CC2)c(C)cc1Nc1ncc(Br)c(Nc2ccc3nccnc3c2P(C)(C)=O)n1. The number of piperazine rings is 1. The zero-order chi connectivity index (χ0) is 37.3. The van der Waals surface area contributed by atoms with Gasteiger partial charge in [-0.25, -0.2) is 9.78 Å². The Morgan fingerprint density at radius 3 is 2.45 bits per heavy atom. The molecule has 0 atom stereocenters. The Morgan fingerprint density at radius 2 is 1.74 bits per heavy atom. The van der Waals surface area contributed by atoms with Crippen molar-refractivity contribution >= 4 is 86.0 Å². The molecule has 5 heterocycles. The van der Waals surface area contributed by atoms with Gasteiger partial charge < -0.3 is 24.8 Å². The number of imide groups is 1. The predicted molar refractivity (Wildman–Crippen MR) is 208 cm³/mol. The minimum Gasteiger partial charge on any atom is -0.494 e. The lowest BCUT2D eigenvalue weighted by atomic mass is 10.1. The number of ether oxygens (including phenoxy) is 1. The summed E-state index contributed by atoms with van der Waals surface area (Å²) in [6.45, 7) is 9.66. The van der Waals surface area contributed by atoms with E-state index in [1.807, 2.05) is 30.3 Å². The van der Waals surface area contributed by atoms with Crippen molar-refractivity contribution in [2.45, 2.75) is 19.9 Å². The van der Waals surface area contributed by atoms with Gasteiger partial charge in [0.15, 0.2) is 5.82 Å². The molecule has 274 valence electrons. The third-order valence-electron chi connectivity index (χ3n) is 9.05. The van der Waals surface area contributed by atoms with Crippen LogP contribution in [0.25, 0.3) is 11.0 Å². The first-order valence-corrected chi connectivity index (χ1v) is 20.3. The molecule has 0 aliphatic carbocycles. The molecule has 0 saturated carbocycles. The van der Waals surface area contributed by atoms with Gasteiger partial charge in [-0.3, -0.25) is 29.9 Å². The van der Waals surface area contributed by atoms with Crippen molar-refractivity contribution in [2.75, 3.05) is 73.6 Å². The van der Waals surface area contributed by atoms with Crippen LogP contribution < -0.4 is 35.8 Å². The van der Waals surface area contributed by atoms with Gasteiger partial charge in [0.05, 0.1) is 39.5 Å². The summed E-state index contributed by atoms with van der Waals surface area (Å²) in [7, 11) is -1.14. The van der Waals surface area contributed by atoms with E-state index in [0.29, 0.717) is 62.1 Å². The fourth-order valence-corrected chi connectivity index (χ4v) is 8.14. The number of anilines is 6. The second-order valence-electron chi connectivity index (χ2n) is 13.1. The Hall–Kier alpha value is -5.25. The maximum atomic E-state index is 13.4. The second-order valence-corrected chi connectivity index (χ2v) is 17.1. The van der Waals surface area contributed by atoms with Crippen LogP contribution in [0, 0.1) is 6.92 Å². The van der Waals surface area contributed by atoms with Gasteiger partial charge in [0.2, 0.25) is 11.9 Å². The number of rotatable bonds is 10. The van der Waals surface area contributed by atoms with Crippen molar-refractivity contribution in [3.8, 4) is 5.75 Å². The van der Waals surface area contributed by atoms with Gasteiger partial charge in [-0.1, -0.05) is 0 Å².